The zero-order valence-corrected chi connectivity index (χ0v) is 7.33. The predicted molar refractivity (Wildman–Crippen MR) is 50.8 cm³/mol. The molecule has 2 rings (SSSR count). The van der Waals surface area contributed by atoms with E-state index >= 15 is 0 Å². The fraction of sp³-hybridized carbons (Fsp3) is 0.250. The molecule has 1 aromatic rings. The summed E-state index contributed by atoms with van der Waals surface area (Å²) in [5, 5.41) is 4.81. The second kappa shape index (κ2) is 3.02. The summed E-state index contributed by atoms with van der Waals surface area (Å²) in [7, 11) is 0. The van der Waals surface area contributed by atoms with E-state index in [4.69, 9.17) is 5.84 Å². The molecular formula is C8H11N5. The summed E-state index contributed by atoms with van der Waals surface area (Å²) in [6.07, 6.45) is 3.83. The van der Waals surface area contributed by atoms with Gasteiger partial charge < -0.3 is 10.7 Å². The molecule has 13 heavy (non-hydrogen) atoms. The first-order valence-corrected chi connectivity index (χ1v) is 4.06. The Kier molecular flexibility index (Phi) is 1.86. The Hall–Kier alpha value is -1.62. The van der Waals surface area contributed by atoms with Gasteiger partial charge in [-0.1, -0.05) is 0 Å². The van der Waals surface area contributed by atoms with Crippen molar-refractivity contribution in [2.45, 2.75) is 6.92 Å². The van der Waals surface area contributed by atoms with E-state index < -0.39 is 0 Å². The van der Waals surface area contributed by atoms with Crippen LogP contribution in [0, 0.1) is 6.92 Å². The highest BCUT2D eigenvalue weighted by atomic mass is 15.3. The van der Waals surface area contributed by atoms with Gasteiger partial charge in [0.2, 0.25) is 0 Å². The predicted octanol–water partition coefficient (Wildman–Crippen LogP) is -1.81. The summed E-state index contributed by atoms with van der Waals surface area (Å²) >= 11 is 0. The first-order valence-electron chi connectivity index (χ1n) is 4.06. The Morgan fingerprint density at radius 2 is 2.31 bits per heavy atom. The van der Waals surface area contributed by atoms with Crippen LogP contribution in [0.15, 0.2) is 0 Å². The molecule has 0 saturated heterocycles. The van der Waals surface area contributed by atoms with E-state index in [2.05, 4.69) is 20.7 Å². The van der Waals surface area contributed by atoms with Crippen LogP contribution >= 0.6 is 0 Å². The maximum Gasteiger partial charge on any atom is 0.162 e. The summed E-state index contributed by atoms with van der Waals surface area (Å²) in [6, 6.07) is 0. The smallest absolute Gasteiger partial charge is 0.162 e. The summed E-state index contributed by atoms with van der Waals surface area (Å²) in [4.78, 5) is 8.64. The minimum atomic E-state index is 0.630. The average Bonchev–Trinajstić information content (AvgIpc) is 2.17. The van der Waals surface area contributed by atoms with Crippen molar-refractivity contribution in [1.82, 2.24) is 15.3 Å². The fourth-order valence-corrected chi connectivity index (χ4v) is 1.25. The van der Waals surface area contributed by atoms with Gasteiger partial charge >= 0.3 is 0 Å². The third-order valence-corrected chi connectivity index (χ3v) is 1.91. The number of nitrogens with zero attached hydrogens (tertiary/aromatic N) is 2. The molecule has 68 valence electrons. The highest BCUT2D eigenvalue weighted by molar-refractivity contribution is 5.41. The summed E-state index contributed by atoms with van der Waals surface area (Å²) < 4.78 is 0. The topological polar surface area (TPSA) is 75.9 Å². The minimum Gasteiger partial charge on any atom is -0.386 e. The average molecular weight is 177 g/mol. The van der Waals surface area contributed by atoms with Crippen LogP contribution in [-0.2, 0) is 0 Å². The van der Waals surface area contributed by atoms with Crippen LogP contribution in [0.1, 0.15) is 5.69 Å². The molecule has 0 amide bonds. The van der Waals surface area contributed by atoms with Gasteiger partial charge in [0.1, 0.15) is 5.35 Å². The molecule has 0 spiro atoms. The van der Waals surface area contributed by atoms with Gasteiger partial charge in [0.25, 0.3) is 0 Å². The van der Waals surface area contributed by atoms with Gasteiger partial charge in [-0.25, -0.2) is 15.8 Å². The largest absolute Gasteiger partial charge is 0.386 e. The molecule has 0 radical (unpaired) electrons. The number of aromatic nitrogens is 2. The van der Waals surface area contributed by atoms with Gasteiger partial charge in [0.15, 0.2) is 5.82 Å². The summed E-state index contributed by atoms with van der Waals surface area (Å²) in [6.45, 7) is 2.65. The van der Waals surface area contributed by atoms with E-state index in [0.29, 0.717) is 5.82 Å². The quantitative estimate of drug-likeness (QED) is 0.348. The number of rotatable bonds is 1. The van der Waals surface area contributed by atoms with E-state index in [1.54, 1.807) is 0 Å². The van der Waals surface area contributed by atoms with Crippen LogP contribution in [0.25, 0.3) is 12.3 Å². The molecule has 0 bridgehead atoms. The van der Waals surface area contributed by atoms with Crippen LogP contribution in [0.3, 0.4) is 0 Å². The molecule has 0 aromatic carbocycles. The minimum absolute atomic E-state index is 0.630. The number of aryl methyl sites for hydroxylation is 1. The number of hydrazine groups is 1. The van der Waals surface area contributed by atoms with Crippen LogP contribution < -0.4 is 27.3 Å². The molecule has 5 nitrogen and oxygen atoms in total. The Morgan fingerprint density at radius 1 is 1.46 bits per heavy atom. The number of anilines is 1. The summed E-state index contributed by atoms with van der Waals surface area (Å²) in [5.74, 6) is 5.92. The highest BCUT2D eigenvalue weighted by Crippen LogP contribution is 1.98. The van der Waals surface area contributed by atoms with Gasteiger partial charge in [-0.15, -0.1) is 0 Å². The Morgan fingerprint density at radius 3 is 3.08 bits per heavy atom. The Labute approximate surface area is 75.4 Å². The van der Waals surface area contributed by atoms with Gasteiger partial charge in [0, 0.05) is 12.7 Å². The van der Waals surface area contributed by atoms with Crippen LogP contribution in [-0.4, -0.2) is 16.5 Å². The van der Waals surface area contributed by atoms with Crippen molar-refractivity contribution in [3.05, 3.63) is 16.4 Å². The van der Waals surface area contributed by atoms with Crippen molar-refractivity contribution in [3.8, 4) is 0 Å². The van der Waals surface area contributed by atoms with Crippen molar-refractivity contribution in [1.29, 1.82) is 0 Å². The van der Waals surface area contributed by atoms with Gasteiger partial charge in [-0.05, 0) is 13.0 Å². The van der Waals surface area contributed by atoms with E-state index in [-0.39, 0.29) is 0 Å². The number of nitrogen functional groups attached to an aromatic ring is 1. The van der Waals surface area contributed by atoms with Crippen molar-refractivity contribution in [2.75, 3.05) is 12.0 Å². The molecule has 0 saturated carbocycles. The first-order chi connectivity index (χ1) is 6.31. The van der Waals surface area contributed by atoms with E-state index in [0.717, 1.165) is 22.9 Å². The number of nitrogens with one attached hydrogen (secondary N) is 2. The maximum absolute atomic E-state index is 5.29. The van der Waals surface area contributed by atoms with Crippen molar-refractivity contribution in [2.24, 2.45) is 5.84 Å². The van der Waals surface area contributed by atoms with Crippen LogP contribution in [0.5, 0.6) is 0 Å². The monoisotopic (exact) mass is 177 g/mol. The van der Waals surface area contributed by atoms with Crippen molar-refractivity contribution in [3.63, 3.8) is 0 Å². The van der Waals surface area contributed by atoms with Gasteiger partial charge in [-0.3, -0.25) is 0 Å². The molecule has 0 fully saturated rings. The molecule has 4 N–H and O–H groups in total. The number of hydrogen-bond donors (Lipinski definition) is 3. The number of hydrogen-bond acceptors (Lipinski definition) is 5. The molecule has 5 heteroatoms. The second-order valence-corrected chi connectivity index (χ2v) is 2.83. The number of nitrogens with two attached hydrogens (primary N) is 1. The third-order valence-electron chi connectivity index (χ3n) is 1.91. The number of fused-ring (bicyclic) bond motifs is 1. The van der Waals surface area contributed by atoms with Gasteiger partial charge in [0.05, 0.1) is 11.0 Å². The Bertz CT molecular complexity index is 437. The zero-order valence-electron chi connectivity index (χ0n) is 7.33. The van der Waals surface area contributed by atoms with Crippen molar-refractivity contribution >= 4 is 18.1 Å². The molecule has 1 aliphatic rings. The lowest BCUT2D eigenvalue weighted by molar-refractivity contribution is 0.962. The fourth-order valence-electron chi connectivity index (χ4n) is 1.25. The molecule has 1 aliphatic heterocycles. The third kappa shape index (κ3) is 1.33. The van der Waals surface area contributed by atoms with Gasteiger partial charge in [-0.2, -0.15) is 0 Å². The van der Waals surface area contributed by atoms with E-state index in [9.17, 15) is 0 Å². The molecule has 0 aliphatic carbocycles. The Balaban J connectivity index is 2.72. The molecule has 0 atom stereocenters. The lowest BCUT2D eigenvalue weighted by Crippen LogP contribution is -2.39. The molecule has 0 unspecified atom stereocenters. The molecule has 1 aromatic heterocycles. The molecular weight excluding hydrogens is 166 g/mol. The van der Waals surface area contributed by atoms with Crippen LogP contribution in [0.2, 0.25) is 0 Å². The SMILES string of the molecule is Cc1nc2c(nc1NN)=CCNC=2. The van der Waals surface area contributed by atoms with Crippen molar-refractivity contribution < 1.29 is 0 Å². The zero-order chi connectivity index (χ0) is 9.26. The first kappa shape index (κ1) is 8.00. The maximum atomic E-state index is 5.29. The standard InChI is InChI=1S/C8H11N5/c1-5-8(13-9)12-6-2-3-10-4-7(6)11-5/h2,4,10H,3,9H2,1H3,(H,12,13). The second-order valence-electron chi connectivity index (χ2n) is 2.83. The normalized spacial score (nSPS) is 13.4. The lowest BCUT2D eigenvalue weighted by Gasteiger charge is -2.06. The molecule has 2 heterocycles. The van der Waals surface area contributed by atoms with E-state index in [1.807, 2.05) is 19.2 Å². The highest BCUT2D eigenvalue weighted by Gasteiger charge is 2.01. The van der Waals surface area contributed by atoms with Crippen LogP contribution in [0.4, 0.5) is 5.82 Å². The van der Waals surface area contributed by atoms with E-state index in [1.165, 1.54) is 0 Å². The summed E-state index contributed by atoms with van der Waals surface area (Å²) in [5.41, 5.74) is 3.32. The lowest BCUT2D eigenvalue weighted by atomic mass is 10.3.